The second-order valence-electron chi connectivity index (χ2n) is 8.26. The zero-order valence-corrected chi connectivity index (χ0v) is 19.9. The zero-order chi connectivity index (χ0) is 22.9. The van der Waals surface area contributed by atoms with Gasteiger partial charge in [0.1, 0.15) is 11.9 Å². The molecule has 1 N–H and O–H groups in total. The van der Waals surface area contributed by atoms with E-state index in [2.05, 4.69) is 5.32 Å². The van der Waals surface area contributed by atoms with Crippen molar-refractivity contribution in [2.45, 2.75) is 63.4 Å². The third-order valence-corrected chi connectivity index (χ3v) is 7.02. The number of thioether (sulfide) groups is 1. The van der Waals surface area contributed by atoms with Gasteiger partial charge in [0.05, 0.1) is 5.75 Å². The van der Waals surface area contributed by atoms with Crippen LogP contribution in [0.3, 0.4) is 0 Å². The molecule has 2 aromatic carbocycles. The first-order valence-electron chi connectivity index (χ1n) is 11.1. The molecule has 0 bridgehead atoms. The predicted molar refractivity (Wildman–Crippen MR) is 129 cm³/mol. The molecule has 32 heavy (non-hydrogen) atoms. The number of carbonyl (C=O) groups excluding carboxylic acids is 2. The van der Waals surface area contributed by atoms with E-state index in [-0.39, 0.29) is 36.0 Å². The molecule has 1 saturated carbocycles. The Morgan fingerprint density at radius 1 is 1.16 bits per heavy atom. The molecule has 0 saturated heterocycles. The van der Waals surface area contributed by atoms with Gasteiger partial charge in [0.15, 0.2) is 0 Å². The molecule has 1 atom stereocenters. The highest BCUT2D eigenvalue weighted by Crippen LogP contribution is 2.21. The minimum Gasteiger partial charge on any atom is -0.352 e. The van der Waals surface area contributed by atoms with Crippen molar-refractivity contribution in [2.24, 2.45) is 0 Å². The summed E-state index contributed by atoms with van der Waals surface area (Å²) in [6, 6.07) is 13.4. The number of rotatable bonds is 9. The third kappa shape index (κ3) is 7.24. The number of hydrogen-bond acceptors (Lipinski definition) is 3. The number of amides is 2. The summed E-state index contributed by atoms with van der Waals surface area (Å²) in [6.45, 7) is 1.78. The Balaban J connectivity index is 1.66. The van der Waals surface area contributed by atoms with Gasteiger partial charge < -0.3 is 10.2 Å². The van der Waals surface area contributed by atoms with Crippen molar-refractivity contribution in [3.63, 3.8) is 0 Å². The maximum Gasteiger partial charge on any atom is 0.242 e. The van der Waals surface area contributed by atoms with Crippen molar-refractivity contribution < 1.29 is 14.0 Å². The minimum absolute atomic E-state index is 0.0580. The van der Waals surface area contributed by atoms with Crippen LogP contribution in [-0.4, -0.2) is 34.6 Å². The molecule has 0 aliphatic heterocycles. The van der Waals surface area contributed by atoms with Crippen molar-refractivity contribution in [3.05, 3.63) is 70.5 Å². The average molecular weight is 477 g/mol. The maximum atomic E-state index is 14.3. The third-order valence-electron chi connectivity index (χ3n) is 5.80. The molecule has 0 aromatic heterocycles. The Kier molecular flexibility index (Phi) is 9.42. The van der Waals surface area contributed by atoms with Crippen molar-refractivity contribution in [2.75, 3.05) is 5.75 Å². The average Bonchev–Trinajstić information content (AvgIpc) is 2.78. The topological polar surface area (TPSA) is 49.4 Å². The van der Waals surface area contributed by atoms with Gasteiger partial charge in [0.2, 0.25) is 11.8 Å². The Hall–Kier alpha value is -2.05. The van der Waals surface area contributed by atoms with Gasteiger partial charge in [-0.25, -0.2) is 4.39 Å². The van der Waals surface area contributed by atoms with Crippen LogP contribution in [-0.2, 0) is 21.9 Å². The van der Waals surface area contributed by atoms with Gasteiger partial charge in [-0.2, -0.15) is 0 Å². The summed E-state index contributed by atoms with van der Waals surface area (Å²) in [6.07, 6.45) is 5.35. The van der Waals surface area contributed by atoms with E-state index < -0.39 is 6.04 Å². The highest BCUT2D eigenvalue weighted by Gasteiger charge is 2.28. The molecular formula is C25H30ClFN2O2S. The highest BCUT2D eigenvalue weighted by molar-refractivity contribution is 7.99. The molecule has 2 amide bonds. The lowest BCUT2D eigenvalue weighted by atomic mass is 9.95. The summed E-state index contributed by atoms with van der Waals surface area (Å²) in [4.78, 5) is 27.6. The molecule has 7 heteroatoms. The van der Waals surface area contributed by atoms with Crippen LogP contribution < -0.4 is 5.32 Å². The lowest BCUT2D eigenvalue weighted by molar-refractivity contribution is -0.139. The second-order valence-corrected chi connectivity index (χ2v) is 9.68. The summed E-state index contributed by atoms with van der Waals surface area (Å²) in [5.74, 6) is 0.0783. The molecule has 1 aliphatic rings. The first-order chi connectivity index (χ1) is 15.4. The van der Waals surface area contributed by atoms with Crippen LogP contribution in [0.25, 0.3) is 0 Å². The molecule has 1 aliphatic carbocycles. The predicted octanol–water partition coefficient (Wildman–Crippen LogP) is 5.58. The Morgan fingerprint density at radius 2 is 1.91 bits per heavy atom. The van der Waals surface area contributed by atoms with Gasteiger partial charge in [-0.1, -0.05) is 61.2 Å². The Morgan fingerprint density at radius 3 is 2.62 bits per heavy atom. The van der Waals surface area contributed by atoms with E-state index in [1.165, 1.54) is 29.1 Å². The van der Waals surface area contributed by atoms with E-state index in [4.69, 9.17) is 11.6 Å². The van der Waals surface area contributed by atoms with Gasteiger partial charge in [-0.3, -0.25) is 9.59 Å². The first-order valence-corrected chi connectivity index (χ1v) is 12.6. The van der Waals surface area contributed by atoms with Crippen molar-refractivity contribution in [3.8, 4) is 0 Å². The molecule has 0 radical (unpaired) electrons. The van der Waals surface area contributed by atoms with Gasteiger partial charge in [0.25, 0.3) is 0 Å². The largest absolute Gasteiger partial charge is 0.352 e. The number of hydrogen-bond donors (Lipinski definition) is 1. The number of nitrogens with one attached hydrogen (secondary N) is 1. The molecular weight excluding hydrogens is 447 g/mol. The maximum absolute atomic E-state index is 14.3. The van der Waals surface area contributed by atoms with E-state index in [0.717, 1.165) is 31.2 Å². The van der Waals surface area contributed by atoms with Crippen LogP contribution in [0.5, 0.6) is 0 Å². The van der Waals surface area contributed by atoms with Gasteiger partial charge in [-0.05, 0) is 43.5 Å². The fraction of sp³-hybridized carbons (Fsp3) is 0.440. The van der Waals surface area contributed by atoms with Crippen LogP contribution in [0.1, 0.15) is 50.2 Å². The normalized spacial score (nSPS) is 15.2. The number of carbonyl (C=O) groups is 2. The smallest absolute Gasteiger partial charge is 0.242 e. The SMILES string of the molecule is CC(C(=O)NC1CCCCC1)N(Cc1ccccc1F)C(=O)CSCc1cccc(Cl)c1. The monoisotopic (exact) mass is 476 g/mol. The van der Waals surface area contributed by atoms with E-state index in [0.29, 0.717) is 16.3 Å². The van der Waals surface area contributed by atoms with E-state index in [9.17, 15) is 14.0 Å². The van der Waals surface area contributed by atoms with Crippen LogP contribution in [0, 0.1) is 5.82 Å². The quantitative estimate of drug-likeness (QED) is 0.514. The molecule has 2 aromatic rings. The molecule has 172 valence electrons. The Labute approximate surface area is 198 Å². The molecule has 1 fully saturated rings. The number of nitrogens with zero attached hydrogens (tertiary/aromatic N) is 1. The van der Waals surface area contributed by atoms with Crippen LogP contribution in [0.2, 0.25) is 5.02 Å². The zero-order valence-electron chi connectivity index (χ0n) is 18.4. The van der Waals surface area contributed by atoms with Crippen molar-refractivity contribution in [1.29, 1.82) is 0 Å². The lowest BCUT2D eigenvalue weighted by Crippen LogP contribution is -2.51. The van der Waals surface area contributed by atoms with Gasteiger partial charge in [0, 0.05) is 28.9 Å². The van der Waals surface area contributed by atoms with Crippen LogP contribution in [0.15, 0.2) is 48.5 Å². The van der Waals surface area contributed by atoms with E-state index in [1.807, 2.05) is 24.3 Å². The lowest BCUT2D eigenvalue weighted by Gasteiger charge is -2.31. The molecule has 3 rings (SSSR count). The van der Waals surface area contributed by atoms with Crippen LogP contribution in [0.4, 0.5) is 4.39 Å². The molecule has 1 unspecified atom stereocenters. The summed E-state index contributed by atoms with van der Waals surface area (Å²) < 4.78 is 14.3. The fourth-order valence-electron chi connectivity index (χ4n) is 3.93. The van der Waals surface area contributed by atoms with Crippen molar-refractivity contribution >= 4 is 35.2 Å². The Bertz CT molecular complexity index is 920. The summed E-state index contributed by atoms with van der Waals surface area (Å²) in [7, 11) is 0. The van der Waals surface area contributed by atoms with Crippen molar-refractivity contribution in [1.82, 2.24) is 10.2 Å². The highest BCUT2D eigenvalue weighted by atomic mass is 35.5. The molecule has 0 heterocycles. The number of halogens is 2. The van der Waals surface area contributed by atoms with E-state index in [1.54, 1.807) is 25.1 Å². The van der Waals surface area contributed by atoms with E-state index >= 15 is 0 Å². The second kappa shape index (κ2) is 12.3. The minimum atomic E-state index is -0.684. The first kappa shape index (κ1) is 24.6. The summed E-state index contributed by atoms with van der Waals surface area (Å²) in [5.41, 5.74) is 1.43. The molecule has 0 spiro atoms. The fourth-order valence-corrected chi connectivity index (χ4v) is 5.00. The van der Waals surface area contributed by atoms with Gasteiger partial charge in [-0.15, -0.1) is 11.8 Å². The number of benzene rings is 2. The summed E-state index contributed by atoms with van der Waals surface area (Å²) in [5, 5.41) is 3.75. The molecule has 4 nitrogen and oxygen atoms in total. The standard InChI is InChI=1S/C25H30ClFN2O2S/c1-18(25(31)28-22-11-3-2-4-12-22)29(15-20-9-5-6-13-23(20)27)24(30)17-32-16-19-8-7-10-21(26)14-19/h5-10,13-14,18,22H,2-4,11-12,15-17H2,1H3,(H,28,31). The van der Waals surface area contributed by atoms with Gasteiger partial charge >= 0.3 is 0 Å². The summed E-state index contributed by atoms with van der Waals surface area (Å²) >= 11 is 7.49. The van der Waals surface area contributed by atoms with Crippen LogP contribution >= 0.6 is 23.4 Å².